The van der Waals surface area contributed by atoms with E-state index in [-0.39, 0.29) is 23.9 Å². The first kappa shape index (κ1) is 21.9. The van der Waals surface area contributed by atoms with E-state index in [4.69, 9.17) is 5.73 Å². The summed E-state index contributed by atoms with van der Waals surface area (Å²) in [5, 5.41) is 23.0. The lowest BCUT2D eigenvalue weighted by Gasteiger charge is -2.49. The number of carboxylic acid groups (broad SMARTS) is 1. The molecule has 0 spiro atoms. The zero-order valence-electron chi connectivity index (χ0n) is 16.8. The van der Waals surface area contributed by atoms with Crippen LogP contribution in [0.3, 0.4) is 0 Å². The highest BCUT2D eigenvalue weighted by Gasteiger charge is 2.54. The highest BCUT2D eigenvalue weighted by Crippen LogP contribution is 2.41. The van der Waals surface area contributed by atoms with E-state index < -0.39 is 17.4 Å². The van der Waals surface area contributed by atoms with E-state index in [1.165, 1.54) is 28.4 Å². The molecule has 0 aromatic carbocycles. The third kappa shape index (κ3) is 4.51. The molecule has 2 aliphatic heterocycles. The number of β-lactam (4-membered cyclic amide) rings is 1. The van der Waals surface area contributed by atoms with E-state index in [1.54, 1.807) is 6.20 Å². The van der Waals surface area contributed by atoms with Gasteiger partial charge in [-0.2, -0.15) is 10.3 Å². The van der Waals surface area contributed by atoms with E-state index in [1.807, 2.05) is 0 Å². The van der Waals surface area contributed by atoms with E-state index in [0.29, 0.717) is 28.6 Å². The van der Waals surface area contributed by atoms with Gasteiger partial charge in [-0.05, 0) is 31.3 Å². The van der Waals surface area contributed by atoms with Gasteiger partial charge in [0.2, 0.25) is 5.91 Å². The molecule has 2 atom stereocenters. The lowest BCUT2D eigenvalue weighted by Crippen LogP contribution is -2.70. The van der Waals surface area contributed by atoms with Crippen molar-refractivity contribution >= 4 is 41.3 Å². The van der Waals surface area contributed by atoms with Crippen molar-refractivity contribution in [2.45, 2.75) is 48.5 Å². The molecule has 1 aliphatic carbocycles. The number of carboxylic acids is 1. The quantitative estimate of drug-likeness (QED) is 0.249. The fraction of sp³-hybridized carbons (Fsp3) is 0.526. The third-order valence-electron chi connectivity index (χ3n) is 5.68. The summed E-state index contributed by atoms with van der Waals surface area (Å²) in [5.74, 6) is -0.877. The molecule has 1 aromatic rings. The second-order valence-electron chi connectivity index (χ2n) is 7.60. The van der Waals surface area contributed by atoms with Crippen LogP contribution in [0.4, 0.5) is 0 Å². The van der Waals surface area contributed by atoms with Crippen LogP contribution in [0.2, 0.25) is 0 Å². The Balaban J connectivity index is 1.42. The molecule has 3 aliphatic rings. The van der Waals surface area contributed by atoms with Crippen LogP contribution >= 0.6 is 23.5 Å². The second-order valence-corrected chi connectivity index (χ2v) is 9.70. The van der Waals surface area contributed by atoms with Gasteiger partial charge in [-0.25, -0.2) is 4.79 Å². The van der Waals surface area contributed by atoms with Crippen LogP contribution in [-0.2, 0) is 14.4 Å². The van der Waals surface area contributed by atoms with E-state index >= 15 is 0 Å². The van der Waals surface area contributed by atoms with Crippen molar-refractivity contribution in [1.29, 1.82) is 0 Å². The van der Waals surface area contributed by atoms with Crippen LogP contribution in [0, 0.1) is 0 Å². The summed E-state index contributed by atoms with van der Waals surface area (Å²) >= 11 is 2.82. The van der Waals surface area contributed by atoms with Gasteiger partial charge in [0.05, 0.1) is 6.20 Å². The van der Waals surface area contributed by atoms with Crippen molar-refractivity contribution in [3.05, 3.63) is 28.6 Å². The maximum Gasteiger partial charge on any atom is 0.352 e. The molecule has 1 fully saturated rings. The predicted molar refractivity (Wildman–Crippen MR) is 116 cm³/mol. The van der Waals surface area contributed by atoms with Gasteiger partial charge in [-0.3, -0.25) is 14.5 Å². The zero-order chi connectivity index (χ0) is 22.0. The molecule has 0 radical (unpaired) electrons. The van der Waals surface area contributed by atoms with Gasteiger partial charge in [0, 0.05) is 24.5 Å². The number of amides is 2. The molecule has 3 heterocycles. The van der Waals surface area contributed by atoms with Gasteiger partial charge in [-0.1, -0.05) is 22.9 Å². The Kier molecular flexibility index (Phi) is 6.68. The average Bonchev–Trinajstić information content (AvgIpc) is 3.29. The number of hydrogen-bond donors (Lipinski definition) is 4. The van der Waals surface area contributed by atoms with Crippen molar-refractivity contribution in [1.82, 2.24) is 25.6 Å². The number of nitrogens with zero attached hydrogens (tertiary/aromatic N) is 3. The molecule has 31 heavy (non-hydrogen) atoms. The number of aromatic amines is 1. The molecular weight excluding hydrogens is 440 g/mol. The van der Waals surface area contributed by atoms with Crippen LogP contribution in [0.1, 0.15) is 32.1 Å². The predicted octanol–water partition coefficient (Wildman–Crippen LogP) is 0.855. The summed E-state index contributed by atoms with van der Waals surface area (Å²) in [5.41, 5.74) is 8.68. The molecule has 0 bridgehead atoms. The smallest absolute Gasteiger partial charge is 0.352 e. The summed E-state index contributed by atoms with van der Waals surface area (Å²) in [6, 6.07) is -0.706. The Morgan fingerprint density at radius 1 is 1.32 bits per heavy atom. The fourth-order valence-corrected chi connectivity index (χ4v) is 6.39. The molecule has 5 N–H and O–H groups in total. The number of hydrogen-bond acceptors (Lipinski definition) is 8. The van der Waals surface area contributed by atoms with Crippen LogP contribution in [0.25, 0.3) is 0 Å². The van der Waals surface area contributed by atoms with Crippen molar-refractivity contribution in [2.75, 3.05) is 18.1 Å². The number of nitrogens with one attached hydrogen (secondary N) is 2. The number of aliphatic carboxylic acids is 1. The highest BCUT2D eigenvalue weighted by atomic mass is 32.2. The van der Waals surface area contributed by atoms with E-state index in [9.17, 15) is 19.5 Å². The Labute approximate surface area is 187 Å². The van der Waals surface area contributed by atoms with Crippen LogP contribution in [-0.4, -0.2) is 72.7 Å². The molecule has 166 valence electrons. The number of carbonyl (C=O) groups is 3. The van der Waals surface area contributed by atoms with Gasteiger partial charge in [0.25, 0.3) is 5.91 Å². The van der Waals surface area contributed by atoms with Crippen molar-refractivity contribution < 1.29 is 19.5 Å². The van der Waals surface area contributed by atoms with Crippen LogP contribution in [0.15, 0.2) is 33.6 Å². The van der Waals surface area contributed by atoms with Crippen LogP contribution in [0.5, 0.6) is 0 Å². The third-order valence-corrected chi connectivity index (χ3v) is 8.01. The van der Waals surface area contributed by atoms with Gasteiger partial charge in [-0.15, -0.1) is 16.9 Å². The fourth-order valence-electron chi connectivity index (χ4n) is 4.12. The Bertz CT molecular complexity index is 945. The topological polar surface area (TPSA) is 154 Å². The first-order chi connectivity index (χ1) is 15.0. The molecule has 1 saturated heterocycles. The van der Waals surface area contributed by atoms with Crippen LogP contribution < -0.4 is 11.1 Å². The molecule has 0 saturated carbocycles. The normalized spacial score (nSPS) is 23.5. The SMILES string of the molecule is NCC1=C(CC(=O)NC2C(=O)N3C(C(=O)O)=C(CSc4cn[nH]n4)CS[C@@H]23)CCCC1. The summed E-state index contributed by atoms with van der Waals surface area (Å²) in [4.78, 5) is 38.6. The summed E-state index contributed by atoms with van der Waals surface area (Å²) in [6.07, 6.45) is 5.73. The lowest BCUT2D eigenvalue weighted by molar-refractivity contribution is -0.150. The summed E-state index contributed by atoms with van der Waals surface area (Å²) in [7, 11) is 0. The van der Waals surface area contributed by atoms with Crippen molar-refractivity contribution in [3.8, 4) is 0 Å². The number of fused-ring (bicyclic) bond motifs is 1. The van der Waals surface area contributed by atoms with Gasteiger partial charge >= 0.3 is 5.97 Å². The second kappa shape index (κ2) is 9.45. The molecular formula is C19H24N6O4S2. The standard InChI is InChI=1S/C19H24N6O4S2/c20-6-11-4-2-1-3-10(11)5-13(26)22-15-17(27)25-16(19(28)29)12(9-31-18(15)25)8-30-14-7-21-24-23-14/h7,15,18H,1-6,8-9,20H2,(H,22,26)(H,28,29)(H,21,23,24)/t15?,18-/m0/s1. The Morgan fingerprint density at radius 3 is 2.77 bits per heavy atom. The van der Waals surface area contributed by atoms with E-state index in [0.717, 1.165) is 36.8 Å². The minimum absolute atomic E-state index is 0.00986. The summed E-state index contributed by atoms with van der Waals surface area (Å²) in [6.45, 7) is 0.457. The van der Waals surface area contributed by atoms with E-state index in [2.05, 4.69) is 20.7 Å². The molecule has 4 rings (SSSR count). The number of rotatable bonds is 8. The largest absolute Gasteiger partial charge is 0.477 e. The monoisotopic (exact) mass is 464 g/mol. The molecule has 1 aromatic heterocycles. The first-order valence-corrected chi connectivity index (χ1v) is 12.1. The maximum absolute atomic E-state index is 12.8. The first-order valence-electron chi connectivity index (χ1n) is 10.1. The van der Waals surface area contributed by atoms with Crippen molar-refractivity contribution in [3.63, 3.8) is 0 Å². The summed E-state index contributed by atoms with van der Waals surface area (Å²) < 4.78 is 0. The highest BCUT2D eigenvalue weighted by molar-refractivity contribution is 8.01. The number of aromatic nitrogens is 3. The van der Waals surface area contributed by atoms with Gasteiger partial charge in [0.15, 0.2) is 0 Å². The minimum Gasteiger partial charge on any atom is -0.477 e. The Hall–Kier alpha value is -2.31. The molecule has 12 heteroatoms. The zero-order valence-corrected chi connectivity index (χ0v) is 18.4. The van der Waals surface area contributed by atoms with Gasteiger partial charge in [0.1, 0.15) is 22.1 Å². The molecule has 10 nitrogen and oxygen atoms in total. The number of thioether (sulfide) groups is 2. The minimum atomic E-state index is -1.14. The molecule has 1 unspecified atom stereocenters. The lowest BCUT2D eigenvalue weighted by atomic mass is 9.89. The average molecular weight is 465 g/mol. The van der Waals surface area contributed by atoms with Crippen molar-refractivity contribution in [2.24, 2.45) is 5.73 Å². The molecule has 2 amide bonds. The Morgan fingerprint density at radius 2 is 2.10 bits per heavy atom. The number of H-pyrrole nitrogens is 1. The van der Waals surface area contributed by atoms with Gasteiger partial charge < -0.3 is 16.2 Å². The number of carbonyl (C=O) groups excluding carboxylic acids is 2. The maximum atomic E-state index is 12.8. The number of nitrogens with two attached hydrogens (primary N) is 1.